The zero-order chi connectivity index (χ0) is 27.7. The van der Waals surface area contributed by atoms with Crippen molar-refractivity contribution in [2.75, 3.05) is 5.32 Å². The standard InChI is InChI=1S/C26H20F3N7O3/c1-36-10-9-18(35-36)16-11-15(7-8-17(16)26(27,28)29)23(37)31-20-13-30-21(12-19-24(38)34-25(39)32-19)33-22(20)14-5-3-2-4-6-14/h2-11,13,19H,12H2,1H3,(H,31,37)(H2,32,34,38,39). The minimum Gasteiger partial charge on any atom is -0.326 e. The third kappa shape index (κ3) is 5.46. The molecule has 1 atom stereocenters. The predicted molar refractivity (Wildman–Crippen MR) is 133 cm³/mol. The van der Waals surface area contributed by atoms with Gasteiger partial charge < -0.3 is 10.6 Å². The van der Waals surface area contributed by atoms with Gasteiger partial charge in [-0.1, -0.05) is 30.3 Å². The molecule has 3 heterocycles. The topological polar surface area (TPSA) is 131 Å². The summed E-state index contributed by atoms with van der Waals surface area (Å²) in [4.78, 5) is 45.3. The number of urea groups is 1. The lowest BCUT2D eigenvalue weighted by atomic mass is 10.0. The molecule has 198 valence electrons. The first-order valence-corrected chi connectivity index (χ1v) is 11.6. The second-order valence-electron chi connectivity index (χ2n) is 8.72. The van der Waals surface area contributed by atoms with Crippen LogP contribution in [0.2, 0.25) is 0 Å². The Kier molecular flexibility index (Phi) is 6.56. The van der Waals surface area contributed by atoms with Gasteiger partial charge in [0.2, 0.25) is 0 Å². The third-order valence-corrected chi connectivity index (χ3v) is 5.96. The number of anilines is 1. The Morgan fingerprint density at radius 3 is 2.51 bits per heavy atom. The van der Waals surface area contributed by atoms with Gasteiger partial charge in [0.25, 0.3) is 11.8 Å². The number of carbonyl (C=O) groups excluding carboxylic acids is 3. The molecule has 0 saturated carbocycles. The van der Waals surface area contributed by atoms with Gasteiger partial charge in [-0.2, -0.15) is 18.3 Å². The molecule has 1 unspecified atom stereocenters. The first-order valence-electron chi connectivity index (χ1n) is 11.6. The van der Waals surface area contributed by atoms with E-state index in [1.165, 1.54) is 23.1 Å². The van der Waals surface area contributed by atoms with E-state index in [4.69, 9.17) is 0 Å². The molecule has 0 aliphatic carbocycles. The number of hydrogen-bond acceptors (Lipinski definition) is 6. The highest BCUT2D eigenvalue weighted by Crippen LogP contribution is 2.37. The molecular formula is C26H20F3N7O3. The van der Waals surface area contributed by atoms with Gasteiger partial charge in [0, 0.05) is 36.4 Å². The first-order chi connectivity index (χ1) is 18.6. The molecule has 5 rings (SSSR count). The summed E-state index contributed by atoms with van der Waals surface area (Å²) in [7, 11) is 1.58. The zero-order valence-corrected chi connectivity index (χ0v) is 20.3. The zero-order valence-electron chi connectivity index (χ0n) is 20.3. The average molecular weight is 535 g/mol. The molecule has 3 N–H and O–H groups in total. The Morgan fingerprint density at radius 2 is 1.87 bits per heavy atom. The number of benzene rings is 2. The number of aromatic nitrogens is 4. The van der Waals surface area contributed by atoms with Crippen molar-refractivity contribution in [2.24, 2.45) is 7.05 Å². The fourth-order valence-corrected chi connectivity index (χ4v) is 4.11. The minimum atomic E-state index is -4.65. The third-order valence-electron chi connectivity index (χ3n) is 5.96. The van der Waals surface area contributed by atoms with Crippen molar-refractivity contribution in [1.29, 1.82) is 0 Å². The van der Waals surface area contributed by atoms with E-state index in [-0.39, 0.29) is 34.8 Å². The van der Waals surface area contributed by atoms with Gasteiger partial charge in [-0.15, -0.1) is 0 Å². The van der Waals surface area contributed by atoms with E-state index >= 15 is 0 Å². The highest BCUT2D eigenvalue weighted by molar-refractivity contribution is 6.06. The molecule has 2 aromatic carbocycles. The molecule has 2 aromatic heterocycles. The lowest BCUT2D eigenvalue weighted by molar-refractivity contribution is -0.137. The lowest BCUT2D eigenvalue weighted by Crippen LogP contribution is -2.31. The van der Waals surface area contributed by atoms with Crippen molar-refractivity contribution in [3.63, 3.8) is 0 Å². The van der Waals surface area contributed by atoms with E-state index in [1.807, 2.05) is 0 Å². The summed E-state index contributed by atoms with van der Waals surface area (Å²) >= 11 is 0. The van der Waals surface area contributed by atoms with E-state index in [9.17, 15) is 27.6 Å². The number of rotatable bonds is 6. The van der Waals surface area contributed by atoms with Gasteiger partial charge in [0.05, 0.1) is 28.8 Å². The van der Waals surface area contributed by atoms with Crippen LogP contribution in [0, 0.1) is 0 Å². The van der Waals surface area contributed by atoms with Gasteiger partial charge in [0.1, 0.15) is 11.9 Å². The second-order valence-corrected chi connectivity index (χ2v) is 8.72. The molecule has 39 heavy (non-hydrogen) atoms. The Morgan fingerprint density at radius 1 is 1.10 bits per heavy atom. The number of halogens is 3. The molecule has 1 aliphatic rings. The van der Waals surface area contributed by atoms with E-state index in [0.717, 1.165) is 18.2 Å². The maximum atomic E-state index is 13.7. The fraction of sp³-hybridized carbons (Fsp3) is 0.154. The summed E-state index contributed by atoms with van der Waals surface area (Å²) in [5.74, 6) is -0.953. The minimum absolute atomic E-state index is 0.0119. The molecule has 0 radical (unpaired) electrons. The normalized spacial score (nSPS) is 15.1. The Hall–Kier alpha value is -5.07. The lowest BCUT2D eigenvalue weighted by Gasteiger charge is -2.15. The van der Waals surface area contributed by atoms with Crippen molar-refractivity contribution in [2.45, 2.75) is 18.6 Å². The predicted octanol–water partition coefficient (Wildman–Crippen LogP) is 3.57. The maximum absolute atomic E-state index is 13.7. The average Bonchev–Trinajstić information content (AvgIpc) is 3.48. The number of nitrogens with zero attached hydrogens (tertiary/aromatic N) is 4. The molecule has 1 aliphatic heterocycles. The molecule has 4 amide bonds. The molecule has 0 bridgehead atoms. The van der Waals surface area contributed by atoms with E-state index in [0.29, 0.717) is 11.3 Å². The number of amides is 4. The number of aryl methyl sites for hydroxylation is 1. The van der Waals surface area contributed by atoms with Crippen molar-refractivity contribution in [3.8, 4) is 22.5 Å². The molecular weight excluding hydrogens is 515 g/mol. The van der Waals surface area contributed by atoms with Crippen LogP contribution in [-0.4, -0.2) is 43.6 Å². The monoisotopic (exact) mass is 535 g/mol. The maximum Gasteiger partial charge on any atom is 0.417 e. The quantitative estimate of drug-likeness (QED) is 0.324. The smallest absolute Gasteiger partial charge is 0.326 e. The fourth-order valence-electron chi connectivity index (χ4n) is 4.11. The van der Waals surface area contributed by atoms with Crippen LogP contribution in [0.5, 0.6) is 0 Å². The molecule has 13 heteroatoms. The Labute approximate surface area is 219 Å². The molecule has 0 spiro atoms. The van der Waals surface area contributed by atoms with Crippen molar-refractivity contribution in [1.82, 2.24) is 30.4 Å². The van der Waals surface area contributed by atoms with Crippen LogP contribution in [0.3, 0.4) is 0 Å². The number of carbonyl (C=O) groups is 3. The van der Waals surface area contributed by atoms with Crippen molar-refractivity contribution < 1.29 is 27.6 Å². The second kappa shape index (κ2) is 10.0. The number of nitrogens with one attached hydrogen (secondary N) is 3. The summed E-state index contributed by atoms with van der Waals surface area (Å²) in [6.45, 7) is 0. The van der Waals surface area contributed by atoms with Crippen molar-refractivity contribution >= 4 is 23.5 Å². The highest BCUT2D eigenvalue weighted by atomic mass is 19.4. The van der Waals surface area contributed by atoms with Gasteiger partial charge in [0.15, 0.2) is 0 Å². The Balaban J connectivity index is 1.48. The van der Waals surface area contributed by atoms with Crippen LogP contribution in [0.4, 0.5) is 23.7 Å². The van der Waals surface area contributed by atoms with Crippen LogP contribution in [0.15, 0.2) is 67.0 Å². The summed E-state index contributed by atoms with van der Waals surface area (Å²) < 4.78 is 42.4. The number of alkyl halides is 3. The summed E-state index contributed by atoms with van der Waals surface area (Å²) in [6.07, 6.45) is -1.78. The van der Waals surface area contributed by atoms with Crippen LogP contribution in [0.1, 0.15) is 21.7 Å². The van der Waals surface area contributed by atoms with Gasteiger partial charge in [-0.3, -0.25) is 19.6 Å². The highest BCUT2D eigenvalue weighted by Gasteiger charge is 2.35. The SMILES string of the molecule is Cn1ccc(-c2cc(C(=O)Nc3cnc(CC4NC(=O)NC4=O)nc3-c3ccccc3)ccc2C(F)(F)F)n1. The Bertz CT molecular complexity index is 1590. The van der Waals surface area contributed by atoms with Crippen LogP contribution >= 0.6 is 0 Å². The largest absolute Gasteiger partial charge is 0.417 e. The van der Waals surface area contributed by atoms with Gasteiger partial charge in [-0.05, 0) is 24.3 Å². The van der Waals surface area contributed by atoms with Crippen LogP contribution < -0.4 is 16.0 Å². The molecule has 1 fully saturated rings. The van der Waals surface area contributed by atoms with E-state index < -0.39 is 35.6 Å². The first kappa shape index (κ1) is 25.6. The van der Waals surface area contributed by atoms with E-state index in [1.54, 1.807) is 37.4 Å². The van der Waals surface area contributed by atoms with Crippen LogP contribution in [-0.2, 0) is 24.4 Å². The number of hydrogen-bond donors (Lipinski definition) is 3. The summed E-state index contributed by atoms with van der Waals surface area (Å²) in [5.41, 5.74) is 0.0425. The molecule has 1 saturated heterocycles. The van der Waals surface area contributed by atoms with Crippen molar-refractivity contribution in [3.05, 3.63) is 83.9 Å². The molecule has 10 nitrogen and oxygen atoms in total. The summed E-state index contributed by atoms with van der Waals surface area (Å²) in [6, 6.07) is 11.9. The molecule has 4 aromatic rings. The number of imide groups is 1. The summed E-state index contributed by atoms with van der Waals surface area (Å²) in [5, 5.41) is 11.4. The van der Waals surface area contributed by atoms with Gasteiger partial charge in [-0.25, -0.2) is 14.8 Å². The van der Waals surface area contributed by atoms with E-state index in [2.05, 4.69) is 31.0 Å². The van der Waals surface area contributed by atoms with Gasteiger partial charge >= 0.3 is 12.2 Å². The van der Waals surface area contributed by atoms with Crippen LogP contribution in [0.25, 0.3) is 22.5 Å².